The quantitative estimate of drug-likeness (QED) is 0.177. The van der Waals surface area contributed by atoms with E-state index in [9.17, 15) is 0 Å². The molecule has 0 saturated heterocycles. The van der Waals surface area contributed by atoms with Crippen molar-refractivity contribution in [1.29, 1.82) is 0 Å². The zero-order chi connectivity index (χ0) is 37.4. The molecular weight excluding hydrogens is 685 g/mol. The lowest BCUT2D eigenvalue weighted by Crippen LogP contribution is -2.14. The Balaban J connectivity index is 1.04. The zero-order valence-corrected chi connectivity index (χ0v) is 30.9. The smallest absolute Gasteiger partial charge is 0.227 e. The monoisotopic (exact) mass is 718 g/mol. The number of hydrogen-bond acceptors (Lipinski definition) is 5. The SMILES string of the molecule is CC1(C)c2ccccc2-c2cc(-c3nc(-c4ccc(-c5cccc6ccc7nc(-c8ccccc8)oc7c56)cc4)nc(-c4ccc5ccccc5c4)n3)ccc21. The van der Waals surface area contributed by atoms with Gasteiger partial charge in [-0.15, -0.1) is 0 Å². The molecule has 11 rings (SSSR count). The lowest BCUT2D eigenvalue weighted by molar-refractivity contribution is 0.623. The van der Waals surface area contributed by atoms with Crippen LogP contribution in [0.5, 0.6) is 0 Å². The Kier molecular flexibility index (Phi) is 7.13. The summed E-state index contributed by atoms with van der Waals surface area (Å²) >= 11 is 0. The second-order valence-corrected chi connectivity index (χ2v) is 15.1. The summed E-state index contributed by atoms with van der Waals surface area (Å²) in [7, 11) is 0. The van der Waals surface area contributed by atoms with Gasteiger partial charge in [0.05, 0.1) is 0 Å². The molecule has 2 heterocycles. The Morgan fingerprint density at radius 1 is 0.393 bits per heavy atom. The van der Waals surface area contributed by atoms with Crippen molar-refractivity contribution in [2.75, 3.05) is 0 Å². The molecule has 10 aromatic rings. The minimum absolute atomic E-state index is 0.0831. The van der Waals surface area contributed by atoms with Gasteiger partial charge < -0.3 is 4.42 Å². The van der Waals surface area contributed by atoms with Crippen LogP contribution in [-0.4, -0.2) is 19.9 Å². The van der Waals surface area contributed by atoms with Crippen molar-refractivity contribution in [2.24, 2.45) is 0 Å². The van der Waals surface area contributed by atoms with Crippen LogP contribution in [0.15, 0.2) is 174 Å². The highest BCUT2D eigenvalue weighted by Gasteiger charge is 2.35. The molecule has 0 fully saturated rings. The van der Waals surface area contributed by atoms with E-state index in [-0.39, 0.29) is 5.41 Å². The largest absolute Gasteiger partial charge is 0.435 e. The fourth-order valence-electron chi connectivity index (χ4n) is 8.45. The predicted octanol–water partition coefficient (Wildman–Crippen LogP) is 13.0. The van der Waals surface area contributed by atoms with Crippen LogP contribution in [0.2, 0.25) is 0 Å². The highest BCUT2D eigenvalue weighted by Crippen LogP contribution is 2.49. The van der Waals surface area contributed by atoms with Gasteiger partial charge in [0.1, 0.15) is 5.52 Å². The van der Waals surface area contributed by atoms with Crippen LogP contribution in [0, 0.1) is 0 Å². The van der Waals surface area contributed by atoms with Gasteiger partial charge in [0, 0.05) is 33.1 Å². The first kappa shape index (κ1) is 32.2. The Hall–Kier alpha value is -7.24. The van der Waals surface area contributed by atoms with Crippen molar-refractivity contribution in [3.63, 3.8) is 0 Å². The van der Waals surface area contributed by atoms with Gasteiger partial charge >= 0.3 is 0 Å². The molecule has 56 heavy (non-hydrogen) atoms. The van der Waals surface area contributed by atoms with Crippen LogP contribution in [-0.2, 0) is 5.41 Å². The fraction of sp³-hybridized carbons (Fsp3) is 0.0588. The number of rotatable bonds is 5. The summed E-state index contributed by atoms with van der Waals surface area (Å²) < 4.78 is 6.48. The van der Waals surface area contributed by atoms with Gasteiger partial charge in [-0.2, -0.15) is 0 Å². The number of aromatic nitrogens is 4. The van der Waals surface area contributed by atoms with E-state index in [0.29, 0.717) is 23.4 Å². The van der Waals surface area contributed by atoms with E-state index in [0.717, 1.165) is 60.6 Å². The summed E-state index contributed by atoms with van der Waals surface area (Å²) in [6, 6.07) is 59.2. The molecule has 0 N–H and O–H groups in total. The highest BCUT2D eigenvalue weighted by atomic mass is 16.3. The molecule has 0 unspecified atom stereocenters. The maximum Gasteiger partial charge on any atom is 0.227 e. The van der Waals surface area contributed by atoms with Crippen molar-refractivity contribution in [3.05, 3.63) is 181 Å². The van der Waals surface area contributed by atoms with E-state index in [4.69, 9.17) is 24.4 Å². The molecule has 1 aliphatic carbocycles. The molecule has 0 radical (unpaired) electrons. The average Bonchev–Trinajstić information content (AvgIpc) is 3.80. The molecule has 2 aromatic heterocycles. The average molecular weight is 719 g/mol. The van der Waals surface area contributed by atoms with Crippen molar-refractivity contribution in [1.82, 2.24) is 19.9 Å². The summed E-state index contributed by atoms with van der Waals surface area (Å²) in [5.74, 6) is 2.51. The number of oxazole rings is 1. The highest BCUT2D eigenvalue weighted by molar-refractivity contribution is 6.11. The number of fused-ring (bicyclic) bond motifs is 7. The maximum absolute atomic E-state index is 6.48. The summed E-state index contributed by atoms with van der Waals surface area (Å²) in [5, 5.41) is 4.45. The summed E-state index contributed by atoms with van der Waals surface area (Å²) in [5.41, 5.74) is 12.6. The molecular formula is C51H34N4O. The van der Waals surface area contributed by atoms with E-state index in [1.807, 2.05) is 36.4 Å². The molecule has 0 bridgehead atoms. The van der Waals surface area contributed by atoms with E-state index in [1.165, 1.54) is 27.6 Å². The van der Waals surface area contributed by atoms with E-state index in [2.05, 4.69) is 147 Å². The molecule has 8 aromatic carbocycles. The van der Waals surface area contributed by atoms with Gasteiger partial charge in [0.15, 0.2) is 23.1 Å². The molecule has 0 spiro atoms. The van der Waals surface area contributed by atoms with Gasteiger partial charge in [0.2, 0.25) is 5.89 Å². The fourth-order valence-corrected chi connectivity index (χ4v) is 8.45. The molecule has 264 valence electrons. The van der Waals surface area contributed by atoms with Gasteiger partial charge in [-0.05, 0) is 79.9 Å². The summed E-state index contributed by atoms with van der Waals surface area (Å²) in [6.45, 7) is 4.60. The van der Waals surface area contributed by atoms with E-state index in [1.54, 1.807) is 0 Å². The summed E-state index contributed by atoms with van der Waals surface area (Å²) in [6.07, 6.45) is 0. The van der Waals surface area contributed by atoms with Crippen molar-refractivity contribution in [2.45, 2.75) is 19.3 Å². The third kappa shape index (κ3) is 5.16. The van der Waals surface area contributed by atoms with Crippen LogP contribution < -0.4 is 0 Å². The minimum Gasteiger partial charge on any atom is -0.435 e. The first-order valence-electron chi connectivity index (χ1n) is 19.0. The molecule has 1 aliphatic rings. The van der Waals surface area contributed by atoms with Crippen LogP contribution in [0.1, 0.15) is 25.0 Å². The molecule has 5 heteroatoms. The first-order chi connectivity index (χ1) is 27.5. The van der Waals surface area contributed by atoms with Gasteiger partial charge in [-0.25, -0.2) is 19.9 Å². The molecule has 0 saturated carbocycles. The van der Waals surface area contributed by atoms with Crippen LogP contribution in [0.25, 0.3) is 101 Å². The molecule has 0 atom stereocenters. The normalized spacial score (nSPS) is 13.0. The number of benzene rings is 8. The van der Waals surface area contributed by atoms with Gasteiger partial charge in [-0.3, -0.25) is 0 Å². The Morgan fingerprint density at radius 3 is 1.80 bits per heavy atom. The van der Waals surface area contributed by atoms with Crippen molar-refractivity contribution >= 4 is 32.6 Å². The lowest BCUT2D eigenvalue weighted by Gasteiger charge is -2.21. The topological polar surface area (TPSA) is 64.7 Å². The van der Waals surface area contributed by atoms with Crippen LogP contribution >= 0.6 is 0 Å². The van der Waals surface area contributed by atoms with E-state index < -0.39 is 0 Å². The zero-order valence-electron chi connectivity index (χ0n) is 30.9. The standard InChI is InChI=1S/C51H34N4O/c1-51(2)42-18-9-8-16-40(42)41-30-38(25-27-43(41)51)49-54-47(53-48(55-49)37-24-19-31-11-6-7-14-36(31)29-37)34-22-20-32(21-23-34)39-17-10-15-33-26-28-44-46(45(33)39)56-50(52-44)35-12-4-3-5-13-35/h3-30H,1-2H3. The van der Waals surface area contributed by atoms with E-state index >= 15 is 0 Å². The number of nitrogens with zero attached hydrogens (tertiary/aromatic N) is 4. The Morgan fingerprint density at radius 2 is 0.982 bits per heavy atom. The van der Waals surface area contributed by atoms with Crippen LogP contribution in [0.4, 0.5) is 0 Å². The predicted molar refractivity (Wildman–Crippen MR) is 227 cm³/mol. The molecule has 0 amide bonds. The second kappa shape index (κ2) is 12.4. The Labute approximate surface area is 324 Å². The van der Waals surface area contributed by atoms with Gasteiger partial charge in [0.25, 0.3) is 0 Å². The maximum atomic E-state index is 6.48. The minimum atomic E-state index is -0.0831. The number of hydrogen-bond donors (Lipinski definition) is 0. The third-order valence-corrected chi connectivity index (χ3v) is 11.4. The first-order valence-corrected chi connectivity index (χ1v) is 19.0. The molecule has 5 nitrogen and oxygen atoms in total. The third-order valence-electron chi connectivity index (χ3n) is 11.4. The van der Waals surface area contributed by atoms with Gasteiger partial charge in [-0.1, -0.05) is 153 Å². The summed E-state index contributed by atoms with van der Waals surface area (Å²) in [4.78, 5) is 20.3. The second-order valence-electron chi connectivity index (χ2n) is 15.1. The van der Waals surface area contributed by atoms with Crippen molar-refractivity contribution in [3.8, 4) is 67.9 Å². The van der Waals surface area contributed by atoms with Crippen molar-refractivity contribution < 1.29 is 4.42 Å². The Bertz CT molecular complexity index is 3160. The molecule has 0 aliphatic heterocycles. The lowest BCUT2D eigenvalue weighted by atomic mass is 9.82. The van der Waals surface area contributed by atoms with Crippen LogP contribution in [0.3, 0.4) is 0 Å².